The maximum absolute atomic E-state index is 12.2. The SMILES string of the molecule is Cc1nn(C)c2c1nc(CCCl)n2C1CCC(=O)NC1=O. The minimum absolute atomic E-state index is 0.229. The first-order valence-electron chi connectivity index (χ1n) is 6.83. The fourth-order valence-electron chi connectivity index (χ4n) is 2.86. The van der Waals surface area contributed by atoms with Crippen molar-refractivity contribution in [3.8, 4) is 0 Å². The van der Waals surface area contributed by atoms with E-state index in [1.54, 1.807) is 4.68 Å². The second kappa shape index (κ2) is 5.14. The Hall–Kier alpha value is -1.89. The molecule has 1 unspecified atom stereocenters. The highest BCUT2D eigenvalue weighted by molar-refractivity contribution is 6.18. The first-order valence-corrected chi connectivity index (χ1v) is 7.36. The van der Waals surface area contributed by atoms with Crippen molar-refractivity contribution >= 4 is 34.6 Å². The summed E-state index contributed by atoms with van der Waals surface area (Å²) in [5.74, 6) is 0.654. The molecule has 1 N–H and O–H groups in total. The number of fused-ring (bicyclic) bond motifs is 1. The Kier molecular flexibility index (Phi) is 3.44. The molecule has 8 heteroatoms. The average molecular weight is 310 g/mol. The van der Waals surface area contributed by atoms with Gasteiger partial charge in [-0.2, -0.15) is 5.10 Å². The molecule has 0 aromatic carbocycles. The van der Waals surface area contributed by atoms with Crippen LogP contribution in [0.25, 0.3) is 11.2 Å². The maximum Gasteiger partial charge on any atom is 0.249 e. The number of carbonyl (C=O) groups is 2. The van der Waals surface area contributed by atoms with Crippen LogP contribution in [-0.2, 0) is 23.1 Å². The molecule has 0 aliphatic carbocycles. The molecule has 3 heterocycles. The van der Waals surface area contributed by atoms with Crippen LogP contribution in [0.5, 0.6) is 0 Å². The molecule has 0 bridgehead atoms. The van der Waals surface area contributed by atoms with Crippen molar-refractivity contribution in [2.45, 2.75) is 32.2 Å². The fourth-order valence-corrected chi connectivity index (χ4v) is 3.03. The van der Waals surface area contributed by atoms with Gasteiger partial charge in [-0.25, -0.2) is 4.98 Å². The van der Waals surface area contributed by atoms with Gasteiger partial charge in [-0.15, -0.1) is 11.6 Å². The van der Waals surface area contributed by atoms with Gasteiger partial charge in [0.05, 0.1) is 5.69 Å². The molecule has 2 aromatic heterocycles. The number of hydrogen-bond donors (Lipinski definition) is 1. The van der Waals surface area contributed by atoms with E-state index in [0.29, 0.717) is 25.1 Å². The molecule has 112 valence electrons. The van der Waals surface area contributed by atoms with E-state index in [0.717, 1.165) is 22.7 Å². The second-order valence-corrected chi connectivity index (χ2v) is 5.56. The minimum atomic E-state index is -0.444. The number of alkyl halides is 1. The molecule has 1 saturated heterocycles. The summed E-state index contributed by atoms with van der Waals surface area (Å²) in [6, 6.07) is -0.444. The number of aryl methyl sites for hydroxylation is 3. The Labute approximate surface area is 126 Å². The van der Waals surface area contributed by atoms with E-state index in [2.05, 4.69) is 15.4 Å². The largest absolute Gasteiger partial charge is 0.300 e. The van der Waals surface area contributed by atoms with Gasteiger partial charge in [-0.1, -0.05) is 0 Å². The van der Waals surface area contributed by atoms with Crippen molar-refractivity contribution < 1.29 is 9.59 Å². The number of halogens is 1. The molecule has 1 atom stereocenters. The number of rotatable bonds is 3. The average Bonchev–Trinajstić information content (AvgIpc) is 2.90. The molecule has 21 heavy (non-hydrogen) atoms. The molecular weight excluding hydrogens is 294 g/mol. The summed E-state index contributed by atoms with van der Waals surface area (Å²) >= 11 is 5.85. The molecule has 0 saturated carbocycles. The van der Waals surface area contributed by atoms with Gasteiger partial charge in [0, 0.05) is 25.8 Å². The zero-order chi connectivity index (χ0) is 15.1. The van der Waals surface area contributed by atoms with Crippen LogP contribution in [0.3, 0.4) is 0 Å². The predicted octanol–water partition coefficient (Wildman–Crippen LogP) is 0.837. The van der Waals surface area contributed by atoms with Gasteiger partial charge in [0.25, 0.3) is 0 Å². The lowest BCUT2D eigenvalue weighted by atomic mass is 10.1. The van der Waals surface area contributed by atoms with Crippen molar-refractivity contribution in [2.75, 3.05) is 5.88 Å². The van der Waals surface area contributed by atoms with Gasteiger partial charge < -0.3 is 4.57 Å². The van der Waals surface area contributed by atoms with Gasteiger partial charge in [0.15, 0.2) is 5.65 Å². The quantitative estimate of drug-likeness (QED) is 0.673. The van der Waals surface area contributed by atoms with E-state index < -0.39 is 6.04 Å². The molecule has 2 amide bonds. The van der Waals surface area contributed by atoms with Crippen LogP contribution >= 0.6 is 11.6 Å². The van der Waals surface area contributed by atoms with Crippen LogP contribution < -0.4 is 5.32 Å². The van der Waals surface area contributed by atoms with Gasteiger partial charge in [0.1, 0.15) is 17.4 Å². The highest BCUT2D eigenvalue weighted by atomic mass is 35.5. The Bertz CT molecular complexity index is 733. The van der Waals surface area contributed by atoms with Gasteiger partial charge in [-0.05, 0) is 13.3 Å². The molecule has 1 fully saturated rings. The van der Waals surface area contributed by atoms with E-state index in [1.807, 2.05) is 18.5 Å². The van der Waals surface area contributed by atoms with Crippen molar-refractivity contribution in [3.63, 3.8) is 0 Å². The van der Waals surface area contributed by atoms with Crippen molar-refractivity contribution in [3.05, 3.63) is 11.5 Å². The van der Waals surface area contributed by atoms with Gasteiger partial charge in [0.2, 0.25) is 11.8 Å². The lowest BCUT2D eigenvalue weighted by molar-refractivity contribution is -0.135. The fraction of sp³-hybridized carbons (Fsp3) is 0.538. The zero-order valence-corrected chi connectivity index (χ0v) is 12.6. The van der Waals surface area contributed by atoms with Crippen molar-refractivity contribution in [2.24, 2.45) is 7.05 Å². The Morgan fingerprint density at radius 2 is 2.19 bits per heavy atom. The van der Waals surface area contributed by atoms with Crippen molar-refractivity contribution in [1.29, 1.82) is 0 Å². The lowest BCUT2D eigenvalue weighted by Crippen LogP contribution is -2.42. The first-order chi connectivity index (χ1) is 10.0. The van der Waals surface area contributed by atoms with Crippen LogP contribution in [0.15, 0.2) is 0 Å². The van der Waals surface area contributed by atoms with E-state index >= 15 is 0 Å². The number of hydrogen-bond acceptors (Lipinski definition) is 4. The number of imide groups is 1. The third kappa shape index (κ3) is 2.21. The Balaban J connectivity index is 2.17. The highest BCUT2D eigenvalue weighted by Gasteiger charge is 2.32. The minimum Gasteiger partial charge on any atom is -0.300 e. The Morgan fingerprint density at radius 1 is 1.43 bits per heavy atom. The van der Waals surface area contributed by atoms with Gasteiger partial charge >= 0.3 is 0 Å². The van der Waals surface area contributed by atoms with E-state index in [-0.39, 0.29) is 11.8 Å². The number of carbonyl (C=O) groups excluding carboxylic acids is 2. The lowest BCUT2D eigenvalue weighted by Gasteiger charge is -2.24. The molecule has 7 nitrogen and oxygen atoms in total. The number of nitrogens with one attached hydrogen (secondary N) is 1. The molecular formula is C13H16ClN5O2. The number of imidazole rings is 1. The summed E-state index contributed by atoms with van der Waals surface area (Å²) in [7, 11) is 1.82. The monoisotopic (exact) mass is 309 g/mol. The summed E-state index contributed by atoms with van der Waals surface area (Å²) < 4.78 is 3.60. The Morgan fingerprint density at radius 3 is 2.86 bits per heavy atom. The van der Waals surface area contributed by atoms with E-state index in [1.165, 1.54) is 0 Å². The van der Waals surface area contributed by atoms with Gasteiger partial charge in [-0.3, -0.25) is 19.6 Å². The van der Waals surface area contributed by atoms with Crippen LogP contribution in [0.4, 0.5) is 0 Å². The maximum atomic E-state index is 12.2. The van der Waals surface area contributed by atoms with Crippen LogP contribution in [0, 0.1) is 6.92 Å². The standard InChI is InChI=1S/C13H16ClN5O2/c1-7-11-13(18(2)17-7)19(9(15-11)5-6-14)8-3-4-10(20)16-12(8)21/h8H,3-6H2,1-2H3,(H,16,20,21). The summed E-state index contributed by atoms with van der Waals surface area (Å²) in [5, 5.41) is 6.74. The third-order valence-corrected chi connectivity index (χ3v) is 3.94. The molecule has 0 radical (unpaired) electrons. The van der Waals surface area contributed by atoms with E-state index in [9.17, 15) is 9.59 Å². The van der Waals surface area contributed by atoms with Crippen LogP contribution in [-0.4, -0.2) is 37.0 Å². The number of aromatic nitrogens is 4. The van der Waals surface area contributed by atoms with Crippen LogP contribution in [0.1, 0.15) is 30.4 Å². The van der Waals surface area contributed by atoms with Crippen molar-refractivity contribution in [1.82, 2.24) is 24.6 Å². The molecule has 0 spiro atoms. The molecule has 1 aliphatic heterocycles. The smallest absolute Gasteiger partial charge is 0.249 e. The second-order valence-electron chi connectivity index (χ2n) is 5.19. The number of nitrogens with zero attached hydrogens (tertiary/aromatic N) is 4. The topological polar surface area (TPSA) is 81.8 Å². The predicted molar refractivity (Wildman–Crippen MR) is 77.1 cm³/mol. The summed E-state index contributed by atoms with van der Waals surface area (Å²) in [4.78, 5) is 28.1. The zero-order valence-electron chi connectivity index (χ0n) is 11.9. The third-order valence-electron chi connectivity index (χ3n) is 3.75. The van der Waals surface area contributed by atoms with Crippen LogP contribution in [0.2, 0.25) is 0 Å². The molecule has 2 aromatic rings. The van der Waals surface area contributed by atoms with E-state index in [4.69, 9.17) is 11.6 Å². The number of piperidine rings is 1. The molecule has 3 rings (SSSR count). The first kappa shape index (κ1) is 14.1. The summed E-state index contributed by atoms with van der Waals surface area (Å²) in [6.07, 6.45) is 1.36. The summed E-state index contributed by atoms with van der Waals surface area (Å²) in [5.41, 5.74) is 2.39. The molecule has 1 aliphatic rings. The summed E-state index contributed by atoms with van der Waals surface area (Å²) in [6.45, 7) is 1.88. The highest BCUT2D eigenvalue weighted by Crippen LogP contribution is 2.28. The number of amides is 2. The normalized spacial score (nSPS) is 19.3.